The van der Waals surface area contributed by atoms with Crippen LogP contribution in [0.25, 0.3) is 22.4 Å². The minimum atomic E-state index is 0.517. The topological polar surface area (TPSA) is 94.6 Å². The lowest BCUT2D eigenvalue weighted by Crippen LogP contribution is -2.28. The van der Waals surface area contributed by atoms with Gasteiger partial charge in [0.25, 0.3) is 0 Å². The Bertz CT molecular complexity index is 1190. The van der Waals surface area contributed by atoms with Crippen molar-refractivity contribution in [1.82, 2.24) is 30.2 Å². The molecule has 1 saturated heterocycles. The molecule has 0 radical (unpaired) electrons. The molecular weight excluding hydrogens is 412 g/mol. The van der Waals surface area contributed by atoms with Gasteiger partial charge in [0.1, 0.15) is 17.0 Å². The summed E-state index contributed by atoms with van der Waals surface area (Å²) in [6.45, 7) is 5.31. The molecule has 1 aliphatic heterocycles. The van der Waals surface area contributed by atoms with Gasteiger partial charge in [0.2, 0.25) is 5.95 Å². The molecule has 4 heterocycles. The number of rotatable bonds is 7. The highest BCUT2D eigenvalue weighted by Gasteiger charge is 2.16. The van der Waals surface area contributed by atoms with Crippen LogP contribution in [0.15, 0.2) is 48.9 Å². The van der Waals surface area contributed by atoms with Gasteiger partial charge in [0.05, 0.1) is 6.33 Å². The summed E-state index contributed by atoms with van der Waals surface area (Å²) in [5, 5.41) is 6.84. The largest absolute Gasteiger partial charge is 0.360 e. The van der Waals surface area contributed by atoms with Crippen molar-refractivity contribution in [1.29, 1.82) is 0 Å². The molecule has 0 saturated carbocycles. The second-order valence-corrected chi connectivity index (χ2v) is 8.61. The fraction of sp³-hybridized carbons (Fsp3) is 0.360. The van der Waals surface area contributed by atoms with Gasteiger partial charge in [0, 0.05) is 37.6 Å². The molecule has 170 valence electrons. The SMILES string of the molecule is CCCN(C)c1ccc(-c2nc(Nc3ccc(C4CCCNC4)cc3)nc3nc[nH]c23)cn1. The molecule has 0 amide bonds. The van der Waals surface area contributed by atoms with Crippen LogP contribution in [-0.2, 0) is 0 Å². The van der Waals surface area contributed by atoms with Crippen molar-refractivity contribution in [2.75, 3.05) is 36.9 Å². The first-order valence-electron chi connectivity index (χ1n) is 11.7. The number of hydrogen-bond donors (Lipinski definition) is 3. The van der Waals surface area contributed by atoms with Gasteiger partial charge < -0.3 is 20.5 Å². The number of hydrogen-bond acceptors (Lipinski definition) is 7. The monoisotopic (exact) mass is 442 g/mol. The molecule has 8 heteroatoms. The minimum absolute atomic E-state index is 0.517. The first-order valence-corrected chi connectivity index (χ1v) is 11.7. The smallest absolute Gasteiger partial charge is 0.229 e. The maximum absolute atomic E-state index is 4.80. The zero-order valence-corrected chi connectivity index (χ0v) is 19.2. The van der Waals surface area contributed by atoms with Crippen LogP contribution >= 0.6 is 0 Å². The maximum atomic E-state index is 4.80. The van der Waals surface area contributed by atoms with Crippen molar-refractivity contribution in [3.8, 4) is 11.3 Å². The molecule has 1 atom stereocenters. The van der Waals surface area contributed by atoms with Gasteiger partial charge in [-0.05, 0) is 61.6 Å². The summed E-state index contributed by atoms with van der Waals surface area (Å²) < 4.78 is 0. The Morgan fingerprint density at radius 3 is 2.70 bits per heavy atom. The van der Waals surface area contributed by atoms with Gasteiger partial charge in [-0.1, -0.05) is 19.1 Å². The number of H-pyrrole nitrogens is 1. The maximum Gasteiger partial charge on any atom is 0.229 e. The Hall–Kier alpha value is -3.52. The number of fused-ring (bicyclic) bond motifs is 1. The number of piperidine rings is 1. The molecule has 33 heavy (non-hydrogen) atoms. The Morgan fingerprint density at radius 1 is 1.09 bits per heavy atom. The number of pyridine rings is 1. The highest BCUT2D eigenvalue weighted by atomic mass is 15.2. The van der Waals surface area contributed by atoms with Crippen molar-refractivity contribution >= 4 is 28.6 Å². The van der Waals surface area contributed by atoms with E-state index in [-0.39, 0.29) is 0 Å². The normalized spacial score (nSPS) is 16.1. The third kappa shape index (κ3) is 4.66. The summed E-state index contributed by atoms with van der Waals surface area (Å²) in [6.07, 6.45) is 7.06. The van der Waals surface area contributed by atoms with E-state index in [4.69, 9.17) is 4.98 Å². The highest BCUT2D eigenvalue weighted by Crippen LogP contribution is 2.28. The first kappa shape index (κ1) is 21.3. The number of benzene rings is 1. The number of aromatic nitrogens is 5. The molecule has 1 unspecified atom stereocenters. The van der Waals surface area contributed by atoms with Gasteiger partial charge >= 0.3 is 0 Å². The van der Waals surface area contributed by atoms with E-state index in [2.05, 4.69) is 73.7 Å². The number of imidazole rings is 1. The Morgan fingerprint density at radius 2 is 1.97 bits per heavy atom. The fourth-order valence-corrected chi connectivity index (χ4v) is 4.40. The first-order chi connectivity index (χ1) is 16.2. The second kappa shape index (κ2) is 9.54. The van der Waals surface area contributed by atoms with Crippen LogP contribution in [-0.4, -0.2) is 51.6 Å². The number of nitrogens with zero attached hydrogens (tertiary/aromatic N) is 5. The second-order valence-electron chi connectivity index (χ2n) is 8.61. The van der Waals surface area contributed by atoms with Crippen molar-refractivity contribution in [3.05, 3.63) is 54.5 Å². The van der Waals surface area contributed by atoms with Crippen LogP contribution < -0.4 is 15.5 Å². The Kier molecular flexibility index (Phi) is 6.17. The Balaban J connectivity index is 1.40. The highest BCUT2D eigenvalue weighted by molar-refractivity contribution is 5.88. The van der Waals surface area contributed by atoms with Crippen LogP contribution in [0.5, 0.6) is 0 Å². The van der Waals surface area contributed by atoms with E-state index >= 15 is 0 Å². The van der Waals surface area contributed by atoms with Gasteiger partial charge in [-0.15, -0.1) is 0 Å². The van der Waals surface area contributed by atoms with Crippen molar-refractivity contribution in [3.63, 3.8) is 0 Å². The van der Waals surface area contributed by atoms with Crippen LogP contribution in [0.1, 0.15) is 37.7 Å². The summed E-state index contributed by atoms with van der Waals surface area (Å²) in [4.78, 5) is 23.7. The lowest BCUT2D eigenvalue weighted by molar-refractivity contribution is 0.461. The average molecular weight is 443 g/mol. The molecule has 0 bridgehead atoms. The zero-order chi connectivity index (χ0) is 22.6. The molecule has 3 N–H and O–H groups in total. The Labute approximate surface area is 193 Å². The van der Waals surface area contributed by atoms with Crippen LogP contribution in [0.2, 0.25) is 0 Å². The van der Waals surface area contributed by atoms with Gasteiger partial charge in [-0.2, -0.15) is 4.98 Å². The number of anilines is 3. The van der Waals surface area contributed by atoms with E-state index in [1.165, 1.54) is 18.4 Å². The average Bonchev–Trinajstić information content (AvgIpc) is 3.34. The predicted molar refractivity (Wildman–Crippen MR) is 133 cm³/mol. The molecule has 0 spiro atoms. The van der Waals surface area contributed by atoms with E-state index in [9.17, 15) is 0 Å². The summed E-state index contributed by atoms with van der Waals surface area (Å²) >= 11 is 0. The standard InChI is InChI=1S/C25H30N8/c1-3-13-33(2)21-11-8-19(15-27-21)22-23-24(29-16-28-23)32-25(31-22)30-20-9-6-17(7-10-20)18-5-4-12-26-14-18/h6-11,15-16,18,26H,3-5,12-14H2,1-2H3,(H2,28,29,30,31,32). The van der Waals surface area contributed by atoms with Gasteiger partial charge in [0.15, 0.2) is 5.65 Å². The van der Waals surface area contributed by atoms with Gasteiger partial charge in [-0.3, -0.25) is 0 Å². The molecule has 4 aromatic rings. The predicted octanol–water partition coefficient (Wildman–Crippen LogP) is 4.47. The zero-order valence-electron chi connectivity index (χ0n) is 19.2. The molecule has 3 aromatic heterocycles. The quantitative estimate of drug-likeness (QED) is 0.389. The van der Waals surface area contributed by atoms with Crippen molar-refractivity contribution in [2.45, 2.75) is 32.1 Å². The van der Waals surface area contributed by atoms with Crippen LogP contribution in [0.3, 0.4) is 0 Å². The molecule has 1 aromatic carbocycles. The number of nitrogens with one attached hydrogen (secondary N) is 3. The molecule has 1 fully saturated rings. The van der Waals surface area contributed by atoms with E-state index in [1.54, 1.807) is 6.33 Å². The minimum Gasteiger partial charge on any atom is -0.360 e. The summed E-state index contributed by atoms with van der Waals surface area (Å²) in [7, 11) is 2.06. The van der Waals surface area contributed by atoms with Crippen LogP contribution in [0, 0.1) is 0 Å². The lowest BCUT2D eigenvalue weighted by Gasteiger charge is -2.23. The van der Waals surface area contributed by atoms with Crippen LogP contribution in [0.4, 0.5) is 17.5 Å². The molecule has 0 aliphatic carbocycles. The summed E-state index contributed by atoms with van der Waals surface area (Å²) in [5.41, 5.74) is 5.46. The van der Waals surface area contributed by atoms with Gasteiger partial charge in [-0.25, -0.2) is 15.0 Å². The molecule has 5 rings (SSSR count). The summed E-state index contributed by atoms with van der Waals surface area (Å²) in [5.74, 6) is 2.05. The third-order valence-electron chi connectivity index (χ3n) is 6.19. The molecular formula is C25H30N8. The number of aromatic amines is 1. The third-order valence-corrected chi connectivity index (χ3v) is 6.19. The van der Waals surface area contributed by atoms with E-state index in [1.807, 2.05) is 18.3 Å². The summed E-state index contributed by atoms with van der Waals surface area (Å²) in [6, 6.07) is 12.7. The van der Waals surface area contributed by atoms with E-state index in [0.29, 0.717) is 17.5 Å². The van der Waals surface area contributed by atoms with Crippen molar-refractivity contribution in [2.24, 2.45) is 0 Å². The molecule has 8 nitrogen and oxygen atoms in total. The van der Waals surface area contributed by atoms with E-state index in [0.717, 1.165) is 54.3 Å². The fourth-order valence-electron chi connectivity index (χ4n) is 4.40. The molecule has 1 aliphatic rings. The van der Waals surface area contributed by atoms with E-state index < -0.39 is 0 Å². The van der Waals surface area contributed by atoms with Crippen molar-refractivity contribution < 1.29 is 0 Å². The lowest BCUT2D eigenvalue weighted by atomic mass is 9.92.